The zero-order chi connectivity index (χ0) is 7.82. The van der Waals surface area contributed by atoms with Gasteiger partial charge in [-0.3, -0.25) is 0 Å². The largest absolute Gasteiger partial charge is 0.557 e. The third kappa shape index (κ3) is 4.38. The summed E-state index contributed by atoms with van der Waals surface area (Å²) in [7, 11) is 1.20. The molecule has 0 bridgehead atoms. The van der Waals surface area contributed by atoms with Gasteiger partial charge in [-0.05, 0) is 0 Å². The van der Waals surface area contributed by atoms with E-state index in [4.69, 9.17) is 13.3 Å². The monoisotopic (exact) mass is 160 g/mol. The second-order valence-electron chi connectivity index (χ2n) is 1.51. The quantitative estimate of drug-likeness (QED) is 0.441. The lowest BCUT2D eigenvalue weighted by Gasteiger charge is -2.05. The summed E-state index contributed by atoms with van der Waals surface area (Å²) in [5, 5.41) is 0. The minimum Gasteiger partial charge on any atom is -0.453 e. The number of hydrogen-bond donors (Lipinski definition) is 0. The summed E-state index contributed by atoms with van der Waals surface area (Å²) in [6.07, 6.45) is 3.28. The maximum Gasteiger partial charge on any atom is 0.557 e. The Labute approximate surface area is 63.3 Å². The third-order valence-electron chi connectivity index (χ3n) is 0.789. The SMILES string of the molecule is CCC#CO[SiH](OC)OC. The van der Waals surface area contributed by atoms with Crippen LogP contribution in [-0.4, -0.2) is 23.7 Å². The lowest BCUT2D eigenvalue weighted by molar-refractivity contribution is 0.189. The fraction of sp³-hybridized carbons (Fsp3) is 0.667. The van der Waals surface area contributed by atoms with Crippen LogP contribution >= 0.6 is 0 Å². The van der Waals surface area contributed by atoms with Crippen molar-refractivity contribution in [3.63, 3.8) is 0 Å². The van der Waals surface area contributed by atoms with Gasteiger partial charge in [0.2, 0.25) is 0 Å². The van der Waals surface area contributed by atoms with E-state index in [2.05, 4.69) is 12.0 Å². The maximum absolute atomic E-state index is 4.91. The first-order chi connectivity index (χ1) is 4.85. The van der Waals surface area contributed by atoms with E-state index in [1.54, 1.807) is 14.2 Å². The molecule has 0 aromatic rings. The molecular formula is C6H12O3Si. The van der Waals surface area contributed by atoms with Gasteiger partial charge in [-0.1, -0.05) is 12.8 Å². The van der Waals surface area contributed by atoms with E-state index in [0.29, 0.717) is 0 Å². The average molecular weight is 160 g/mol. The molecule has 0 aliphatic heterocycles. The van der Waals surface area contributed by atoms with Gasteiger partial charge >= 0.3 is 9.53 Å². The van der Waals surface area contributed by atoms with E-state index in [1.807, 2.05) is 6.92 Å². The van der Waals surface area contributed by atoms with E-state index in [9.17, 15) is 0 Å². The highest BCUT2D eigenvalue weighted by atomic mass is 28.3. The van der Waals surface area contributed by atoms with Crippen LogP contribution in [-0.2, 0) is 13.3 Å². The molecule has 0 aliphatic carbocycles. The van der Waals surface area contributed by atoms with Gasteiger partial charge in [-0.25, -0.2) is 0 Å². The zero-order valence-electron chi connectivity index (χ0n) is 6.51. The minimum absolute atomic E-state index is 0.786. The van der Waals surface area contributed by atoms with Crippen molar-refractivity contribution in [3.05, 3.63) is 0 Å². The lowest BCUT2D eigenvalue weighted by Crippen LogP contribution is -2.21. The molecule has 4 heteroatoms. The molecule has 0 radical (unpaired) electrons. The van der Waals surface area contributed by atoms with Crippen LogP contribution in [0.4, 0.5) is 0 Å². The van der Waals surface area contributed by atoms with E-state index in [1.165, 1.54) is 0 Å². The van der Waals surface area contributed by atoms with Crippen molar-refractivity contribution in [2.45, 2.75) is 13.3 Å². The van der Waals surface area contributed by atoms with Crippen molar-refractivity contribution in [1.29, 1.82) is 0 Å². The minimum atomic E-state index is -1.90. The molecule has 0 fully saturated rings. The predicted octanol–water partition coefficient (Wildman–Crippen LogP) is 0.384. The second kappa shape index (κ2) is 6.61. The predicted molar refractivity (Wildman–Crippen MR) is 40.3 cm³/mol. The third-order valence-corrected chi connectivity index (χ3v) is 1.87. The molecule has 0 aliphatic rings. The summed E-state index contributed by atoms with van der Waals surface area (Å²) >= 11 is 0. The normalized spacial score (nSPS) is 8.80. The Kier molecular flexibility index (Phi) is 6.28. The van der Waals surface area contributed by atoms with Crippen LogP contribution in [0.5, 0.6) is 0 Å². The van der Waals surface area contributed by atoms with Gasteiger partial charge in [-0.15, -0.1) is 0 Å². The molecule has 58 valence electrons. The molecular weight excluding hydrogens is 148 g/mol. The van der Waals surface area contributed by atoms with Crippen molar-refractivity contribution in [3.8, 4) is 12.0 Å². The Morgan fingerprint density at radius 1 is 1.30 bits per heavy atom. The summed E-state index contributed by atoms with van der Waals surface area (Å²) in [6.45, 7) is 1.95. The highest BCUT2D eigenvalue weighted by Crippen LogP contribution is 1.84. The van der Waals surface area contributed by atoms with Crippen molar-refractivity contribution in [2.75, 3.05) is 14.2 Å². The maximum atomic E-state index is 4.91. The summed E-state index contributed by atoms with van der Waals surface area (Å²) in [4.78, 5) is 0. The summed E-state index contributed by atoms with van der Waals surface area (Å²) in [6, 6.07) is 0. The van der Waals surface area contributed by atoms with E-state index in [-0.39, 0.29) is 0 Å². The molecule has 0 aromatic carbocycles. The molecule has 10 heavy (non-hydrogen) atoms. The molecule has 0 rings (SSSR count). The van der Waals surface area contributed by atoms with Gasteiger partial charge in [0, 0.05) is 20.6 Å². The van der Waals surface area contributed by atoms with Crippen LogP contribution in [0.25, 0.3) is 0 Å². The van der Waals surface area contributed by atoms with Crippen LogP contribution in [0.1, 0.15) is 13.3 Å². The molecule has 0 spiro atoms. The molecule has 0 atom stereocenters. The summed E-state index contributed by atoms with van der Waals surface area (Å²) in [5.74, 6) is 2.75. The Hall–Kier alpha value is -0.503. The van der Waals surface area contributed by atoms with Gasteiger partial charge in [0.1, 0.15) is 0 Å². The van der Waals surface area contributed by atoms with Gasteiger partial charge in [-0.2, -0.15) is 0 Å². The first-order valence-electron chi connectivity index (χ1n) is 3.04. The fourth-order valence-corrected chi connectivity index (χ4v) is 0.919. The van der Waals surface area contributed by atoms with Crippen molar-refractivity contribution in [1.82, 2.24) is 0 Å². The first kappa shape index (κ1) is 9.50. The number of hydrogen-bond acceptors (Lipinski definition) is 3. The van der Waals surface area contributed by atoms with E-state index < -0.39 is 9.53 Å². The van der Waals surface area contributed by atoms with Gasteiger partial charge in [0.25, 0.3) is 0 Å². The molecule has 0 saturated heterocycles. The average Bonchev–Trinajstić information content (AvgIpc) is 1.99. The highest BCUT2D eigenvalue weighted by molar-refractivity contribution is 6.36. The molecule has 0 amide bonds. The standard InChI is InChI=1S/C6H12O3Si/c1-4-5-6-9-10(7-2)8-3/h10H,4H2,1-3H3. The molecule has 0 unspecified atom stereocenters. The van der Waals surface area contributed by atoms with E-state index >= 15 is 0 Å². The second-order valence-corrected chi connectivity index (χ2v) is 3.27. The van der Waals surface area contributed by atoms with Crippen molar-refractivity contribution < 1.29 is 13.3 Å². The van der Waals surface area contributed by atoms with Gasteiger partial charge in [0.15, 0.2) is 0 Å². The van der Waals surface area contributed by atoms with Crippen LogP contribution < -0.4 is 0 Å². The molecule has 0 heterocycles. The summed E-state index contributed by atoms with van der Waals surface area (Å²) in [5.41, 5.74) is 0. The van der Waals surface area contributed by atoms with Crippen LogP contribution in [0.2, 0.25) is 0 Å². The Bertz CT molecular complexity index is 123. The Morgan fingerprint density at radius 2 is 1.90 bits per heavy atom. The topological polar surface area (TPSA) is 27.7 Å². The highest BCUT2D eigenvalue weighted by Gasteiger charge is 2.09. The smallest absolute Gasteiger partial charge is 0.453 e. The molecule has 0 N–H and O–H groups in total. The van der Waals surface area contributed by atoms with Crippen LogP contribution in [0.15, 0.2) is 0 Å². The van der Waals surface area contributed by atoms with Crippen LogP contribution in [0.3, 0.4) is 0 Å². The fourth-order valence-electron chi connectivity index (χ4n) is 0.354. The van der Waals surface area contributed by atoms with Gasteiger partial charge < -0.3 is 13.3 Å². The lowest BCUT2D eigenvalue weighted by atomic mass is 10.5. The van der Waals surface area contributed by atoms with Crippen molar-refractivity contribution >= 4 is 9.53 Å². The van der Waals surface area contributed by atoms with Gasteiger partial charge in [0.05, 0.1) is 6.11 Å². The van der Waals surface area contributed by atoms with Crippen LogP contribution in [0, 0.1) is 12.0 Å². The molecule has 0 saturated carbocycles. The van der Waals surface area contributed by atoms with E-state index in [0.717, 1.165) is 6.42 Å². The molecule has 3 nitrogen and oxygen atoms in total. The molecule has 0 aromatic heterocycles. The number of rotatable bonds is 3. The Balaban J connectivity index is 3.43. The zero-order valence-corrected chi connectivity index (χ0v) is 7.66. The van der Waals surface area contributed by atoms with Crippen molar-refractivity contribution in [2.24, 2.45) is 0 Å². The first-order valence-corrected chi connectivity index (χ1v) is 4.45. The Morgan fingerprint density at radius 3 is 2.30 bits per heavy atom. The summed E-state index contributed by atoms with van der Waals surface area (Å²) < 4.78 is 14.6.